The molecule has 0 unspecified atom stereocenters. The third kappa shape index (κ3) is 2.98. The minimum Gasteiger partial charge on any atom is -0.311 e. The van der Waals surface area contributed by atoms with Gasteiger partial charge in [-0.25, -0.2) is 4.98 Å². The van der Waals surface area contributed by atoms with Gasteiger partial charge in [0, 0.05) is 25.0 Å². The summed E-state index contributed by atoms with van der Waals surface area (Å²) >= 11 is 0. The summed E-state index contributed by atoms with van der Waals surface area (Å²) in [7, 11) is 0. The van der Waals surface area contributed by atoms with Crippen molar-refractivity contribution in [2.45, 2.75) is 39.8 Å². The molecule has 2 aromatic rings. The van der Waals surface area contributed by atoms with Crippen LogP contribution >= 0.6 is 0 Å². The summed E-state index contributed by atoms with van der Waals surface area (Å²) in [6, 6.07) is 0.382. The Balaban J connectivity index is 2.04. The van der Waals surface area contributed by atoms with Gasteiger partial charge in [0.2, 0.25) is 0 Å². The van der Waals surface area contributed by atoms with Crippen molar-refractivity contribution in [1.29, 1.82) is 0 Å². The van der Waals surface area contributed by atoms with Crippen LogP contribution in [-0.2, 0) is 6.54 Å². The second-order valence-electron chi connectivity index (χ2n) is 4.72. The Bertz CT molecular complexity index is 483. The molecule has 2 heterocycles. The van der Waals surface area contributed by atoms with Gasteiger partial charge in [0.1, 0.15) is 0 Å². The zero-order valence-corrected chi connectivity index (χ0v) is 11.3. The minimum absolute atomic E-state index is 0.382. The maximum Gasteiger partial charge on any atom is 0.0996 e. The van der Waals surface area contributed by atoms with E-state index in [1.807, 2.05) is 34.2 Å². The Morgan fingerprint density at radius 1 is 1.33 bits per heavy atom. The highest BCUT2D eigenvalue weighted by molar-refractivity contribution is 5.26. The smallest absolute Gasteiger partial charge is 0.0996 e. The van der Waals surface area contributed by atoms with Crippen molar-refractivity contribution in [2.24, 2.45) is 0 Å². The normalized spacial score (nSPS) is 11.3. The standard InChI is InChI=1S/C13H21N5/c1-4-5-14-6-12-8-17(10-15-12)13-7-16-18(9-13)11(2)3/h7-11,14H,4-6H2,1-3H3. The molecule has 98 valence electrons. The maximum absolute atomic E-state index is 4.38. The number of imidazole rings is 1. The molecule has 0 saturated carbocycles. The van der Waals surface area contributed by atoms with Crippen LogP contribution in [0, 0.1) is 0 Å². The third-order valence-corrected chi connectivity index (χ3v) is 2.78. The van der Waals surface area contributed by atoms with Crippen LogP contribution in [0.4, 0.5) is 0 Å². The second-order valence-corrected chi connectivity index (χ2v) is 4.72. The Morgan fingerprint density at radius 2 is 2.17 bits per heavy atom. The molecule has 5 nitrogen and oxygen atoms in total. The first-order valence-corrected chi connectivity index (χ1v) is 6.48. The first kappa shape index (κ1) is 12.8. The zero-order valence-electron chi connectivity index (χ0n) is 11.3. The van der Waals surface area contributed by atoms with Crippen LogP contribution in [0.5, 0.6) is 0 Å². The number of nitrogens with zero attached hydrogens (tertiary/aromatic N) is 4. The molecule has 0 aliphatic heterocycles. The van der Waals surface area contributed by atoms with Gasteiger partial charge in [-0.3, -0.25) is 4.68 Å². The molecular formula is C13H21N5. The summed E-state index contributed by atoms with van der Waals surface area (Å²) < 4.78 is 3.96. The molecule has 0 amide bonds. The highest BCUT2D eigenvalue weighted by Gasteiger charge is 2.05. The highest BCUT2D eigenvalue weighted by Crippen LogP contribution is 2.10. The molecule has 0 saturated heterocycles. The highest BCUT2D eigenvalue weighted by atomic mass is 15.3. The van der Waals surface area contributed by atoms with Crippen molar-refractivity contribution < 1.29 is 0 Å². The van der Waals surface area contributed by atoms with Crippen LogP contribution in [0.15, 0.2) is 24.9 Å². The van der Waals surface area contributed by atoms with Gasteiger partial charge in [0.05, 0.1) is 23.9 Å². The second kappa shape index (κ2) is 5.82. The lowest BCUT2D eigenvalue weighted by molar-refractivity contribution is 0.532. The Kier molecular flexibility index (Phi) is 4.15. The summed E-state index contributed by atoms with van der Waals surface area (Å²) in [5.41, 5.74) is 2.11. The van der Waals surface area contributed by atoms with E-state index in [1.54, 1.807) is 0 Å². The van der Waals surface area contributed by atoms with E-state index < -0.39 is 0 Å². The fourth-order valence-electron chi connectivity index (χ4n) is 1.73. The van der Waals surface area contributed by atoms with Gasteiger partial charge in [0.15, 0.2) is 0 Å². The summed E-state index contributed by atoms with van der Waals surface area (Å²) in [5.74, 6) is 0. The molecule has 2 aromatic heterocycles. The van der Waals surface area contributed by atoms with Crippen molar-refractivity contribution in [3.8, 4) is 5.69 Å². The van der Waals surface area contributed by atoms with Gasteiger partial charge in [0.25, 0.3) is 0 Å². The first-order chi connectivity index (χ1) is 8.70. The van der Waals surface area contributed by atoms with E-state index in [0.29, 0.717) is 6.04 Å². The Hall–Kier alpha value is -1.62. The van der Waals surface area contributed by atoms with Crippen LogP contribution < -0.4 is 5.32 Å². The average Bonchev–Trinajstić information content (AvgIpc) is 2.97. The van der Waals surface area contributed by atoms with E-state index in [0.717, 1.165) is 30.9 Å². The van der Waals surface area contributed by atoms with Gasteiger partial charge in [-0.2, -0.15) is 5.10 Å². The summed E-state index contributed by atoms with van der Waals surface area (Å²) in [5, 5.41) is 7.67. The number of aromatic nitrogens is 4. The Labute approximate surface area is 108 Å². The van der Waals surface area contributed by atoms with E-state index in [2.05, 4.69) is 36.2 Å². The van der Waals surface area contributed by atoms with Crippen molar-refractivity contribution >= 4 is 0 Å². The van der Waals surface area contributed by atoms with Gasteiger partial charge < -0.3 is 9.88 Å². The molecule has 2 rings (SSSR count). The van der Waals surface area contributed by atoms with Crippen molar-refractivity contribution in [3.63, 3.8) is 0 Å². The molecule has 0 spiro atoms. The molecule has 0 radical (unpaired) electrons. The molecule has 0 fully saturated rings. The molecule has 0 bridgehead atoms. The van der Waals surface area contributed by atoms with Crippen molar-refractivity contribution in [2.75, 3.05) is 6.54 Å². The van der Waals surface area contributed by atoms with Crippen LogP contribution in [0.3, 0.4) is 0 Å². The Morgan fingerprint density at radius 3 is 2.83 bits per heavy atom. The van der Waals surface area contributed by atoms with Gasteiger partial charge >= 0.3 is 0 Å². The summed E-state index contributed by atoms with van der Waals surface area (Å²) in [6.07, 6.45) is 8.93. The van der Waals surface area contributed by atoms with Crippen molar-refractivity contribution in [1.82, 2.24) is 24.6 Å². The van der Waals surface area contributed by atoms with Crippen molar-refractivity contribution in [3.05, 3.63) is 30.6 Å². The SMILES string of the molecule is CCCNCc1cn(-c2cnn(C(C)C)c2)cn1. The van der Waals surface area contributed by atoms with Gasteiger partial charge in [-0.05, 0) is 26.8 Å². The summed E-state index contributed by atoms with van der Waals surface area (Å²) in [6.45, 7) is 8.23. The third-order valence-electron chi connectivity index (χ3n) is 2.78. The largest absolute Gasteiger partial charge is 0.311 e. The average molecular weight is 247 g/mol. The lowest BCUT2D eigenvalue weighted by Gasteiger charge is -2.03. The molecule has 0 aliphatic rings. The molecule has 0 aliphatic carbocycles. The molecular weight excluding hydrogens is 226 g/mol. The predicted octanol–water partition coefficient (Wildman–Crippen LogP) is 2.15. The van der Waals surface area contributed by atoms with Crippen LogP contribution in [0.1, 0.15) is 38.9 Å². The lowest BCUT2D eigenvalue weighted by Crippen LogP contribution is -2.13. The van der Waals surface area contributed by atoms with E-state index >= 15 is 0 Å². The first-order valence-electron chi connectivity index (χ1n) is 6.48. The quantitative estimate of drug-likeness (QED) is 0.796. The number of hydrogen-bond acceptors (Lipinski definition) is 3. The molecule has 0 atom stereocenters. The van der Waals surface area contributed by atoms with Crippen LogP contribution in [-0.4, -0.2) is 25.9 Å². The lowest BCUT2D eigenvalue weighted by atomic mass is 10.4. The maximum atomic E-state index is 4.38. The number of rotatable bonds is 6. The van der Waals surface area contributed by atoms with E-state index in [-0.39, 0.29) is 0 Å². The fourth-order valence-corrected chi connectivity index (χ4v) is 1.73. The van der Waals surface area contributed by atoms with E-state index in [9.17, 15) is 0 Å². The van der Waals surface area contributed by atoms with Gasteiger partial charge in [-0.15, -0.1) is 0 Å². The molecule has 18 heavy (non-hydrogen) atoms. The predicted molar refractivity (Wildman–Crippen MR) is 71.7 cm³/mol. The van der Waals surface area contributed by atoms with Crippen LogP contribution in [0.25, 0.3) is 5.69 Å². The van der Waals surface area contributed by atoms with E-state index in [1.165, 1.54) is 0 Å². The number of hydrogen-bond donors (Lipinski definition) is 1. The zero-order chi connectivity index (χ0) is 13.0. The minimum atomic E-state index is 0.382. The van der Waals surface area contributed by atoms with Gasteiger partial charge in [-0.1, -0.05) is 6.92 Å². The fraction of sp³-hybridized carbons (Fsp3) is 0.538. The van der Waals surface area contributed by atoms with E-state index in [4.69, 9.17) is 0 Å². The monoisotopic (exact) mass is 247 g/mol. The topological polar surface area (TPSA) is 47.7 Å². The number of nitrogens with one attached hydrogen (secondary N) is 1. The molecule has 0 aromatic carbocycles. The van der Waals surface area contributed by atoms with Crippen LogP contribution in [0.2, 0.25) is 0 Å². The molecule has 5 heteroatoms. The molecule has 1 N–H and O–H groups in total. The summed E-state index contributed by atoms with van der Waals surface area (Å²) in [4.78, 5) is 4.38.